The summed E-state index contributed by atoms with van der Waals surface area (Å²) in [5, 5.41) is 11.1. The van der Waals surface area contributed by atoms with Crippen LogP contribution < -0.4 is 10.1 Å². The summed E-state index contributed by atoms with van der Waals surface area (Å²) in [4.78, 5) is 12.2. The number of amides is 1. The van der Waals surface area contributed by atoms with Gasteiger partial charge in [0, 0.05) is 12.1 Å². The van der Waals surface area contributed by atoms with Crippen LogP contribution in [0.5, 0.6) is 5.75 Å². The standard InChI is InChI=1S/C21H24N4O2/c1-16(2)20-15-22-24-25(20)18-9-6-8-17(14-18)23-21(26)12-7-13-27-19-10-4-3-5-11-19/h3-6,8-11,14-16H,7,12-13H2,1-2H3,(H,23,26). The number of anilines is 1. The Morgan fingerprint density at radius 3 is 2.74 bits per heavy atom. The molecule has 0 saturated heterocycles. The number of rotatable bonds is 8. The molecule has 27 heavy (non-hydrogen) atoms. The van der Waals surface area contributed by atoms with Gasteiger partial charge in [0.25, 0.3) is 0 Å². The molecule has 0 aliphatic rings. The molecule has 0 bridgehead atoms. The van der Waals surface area contributed by atoms with Gasteiger partial charge in [-0.2, -0.15) is 0 Å². The molecule has 3 rings (SSSR count). The molecular weight excluding hydrogens is 340 g/mol. The van der Waals surface area contributed by atoms with Gasteiger partial charge < -0.3 is 10.1 Å². The van der Waals surface area contributed by atoms with Crippen molar-refractivity contribution in [2.75, 3.05) is 11.9 Å². The molecule has 0 atom stereocenters. The van der Waals surface area contributed by atoms with Crippen molar-refractivity contribution in [3.8, 4) is 11.4 Å². The summed E-state index contributed by atoms with van der Waals surface area (Å²) in [5.74, 6) is 1.09. The van der Waals surface area contributed by atoms with E-state index in [0.29, 0.717) is 25.4 Å². The number of hydrogen-bond acceptors (Lipinski definition) is 4. The summed E-state index contributed by atoms with van der Waals surface area (Å²) in [6, 6.07) is 17.2. The van der Waals surface area contributed by atoms with Crippen LogP contribution in [0.15, 0.2) is 60.8 Å². The molecule has 6 heteroatoms. The average Bonchev–Trinajstić information content (AvgIpc) is 3.17. The zero-order valence-electron chi connectivity index (χ0n) is 15.6. The van der Waals surface area contributed by atoms with E-state index in [9.17, 15) is 4.79 Å². The minimum atomic E-state index is -0.0357. The first-order valence-corrected chi connectivity index (χ1v) is 9.12. The van der Waals surface area contributed by atoms with Crippen LogP contribution >= 0.6 is 0 Å². The van der Waals surface area contributed by atoms with Gasteiger partial charge in [0.15, 0.2) is 0 Å². The van der Waals surface area contributed by atoms with Crippen LogP contribution in [0.2, 0.25) is 0 Å². The van der Waals surface area contributed by atoms with E-state index in [-0.39, 0.29) is 5.91 Å². The van der Waals surface area contributed by atoms with Crippen LogP contribution in [-0.4, -0.2) is 27.5 Å². The molecule has 2 aromatic carbocycles. The Kier molecular flexibility index (Phi) is 6.20. The van der Waals surface area contributed by atoms with Gasteiger partial charge in [-0.3, -0.25) is 4.79 Å². The third-order valence-corrected chi connectivity index (χ3v) is 4.10. The Hall–Kier alpha value is -3.15. The zero-order valence-corrected chi connectivity index (χ0v) is 15.6. The second kappa shape index (κ2) is 8.98. The molecule has 1 N–H and O–H groups in total. The van der Waals surface area contributed by atoms with E-state index < -0.39 is 0 Å². The van der Waals surface area contributed by atoms with Crippen LogP contribution in [0.3, 0.4) is 0 Å². The highest BCUT2D eigenvalue weighted by atomic mass is 16.5. The van der Waals surface area contributed by atoms with Crippen molar-refractivity contribution in [1.29, 1.82) is 0 Å². The van der Waals surface area contributed by atoms with Gasteiger partial charge in [-0.05, 0) is 42.7 Å². The van der Waals surface area contributed by atoms with Crippen molar-refractivity contribution in [1.82, 2.24) is 15.0 Å². The van der Waals surface area contributed by atoms with Gasteiger partial charge in [0.1, 0.15) is 5.75 Å². The molecule has 6 nitrogen and oxygen atoms in total. The van der Waals surface area contributed by atoms with Gasteiger partial charge in [-0.1, -0.05) is 43.3 Å². The minimum Gasteiger partial charge on any atom is -0.494 e. The second-order valence-electron chi connectivity index (χ2n) is 6.59. The number of carbonyl (C=O) groups is 1. The third-order valence-electron chi connectivity index (χ3n) is 4.10. The summed E-state index contributed by atoms with van der Waals surface area (Å²) in [7, 11) is 0. The van der Waals surface area contributed by atoms with Crippen LogP contribution in [0, 0.1) is 0 Å². The Morgan fingerprint density at radius 2 is 1.96 bits per heavy atom. The predicted octanol–water partition coefficient (Wildman–Crippen LogP) is 4.19. The highest BCUT2D eigenvalue weighted by molar-refractivity contribution is 5.90. The molecule has 0 radical (unpaired) electrons. The predicted molar refractivity (Wildman–Crippen MR) is 105 cm³/mol. The molecule has 1 heterocycles. The molecule has 1 aromatic heterocycles. The lowest BCUT2D eigenvalue weighted by Gasteiger charge is -2.11. The topological polar surface area (TPSA) is 69.0 Å². The monoisotopic (exact) mass is 364 g/mol. The summed E-state index contributed by atoms with van der Waals surface area (Å²) >= 11 is 0. The van der Waals surface area contributed by atoms with Crippen LogP contribution in [0.1, 0.15) is 38.3 Å². The summed E-state index contributed by atoms with van der Waals surface area (Å²) in [5.41, 5.74) is 2.64. The SMILES string of the molecule is CC(C)c1cnnn1-c1cccc(NC(=O)CCCOc2ccccc2)c1. The van der Waals surface area contributed by atoms with Crippen molar-refractivity contribution in [2.24, 2.45) is 0 Å². The first-order chi connectivity index (χ1) is 13.1. The second-order valence-corrected chi connectivity index (χ2v) is 6.59. The van der Waals surface area contributed by atoms with E-state index >= 15 is 0 Å². The van der Waals surface area contributed by atoms with Gasteiger partial charge in [0.2, 0.25) is 5.91 Å². The summed E-state index contributed by atoms with van der Waals surface area (Å²) in [6.07, 6.45) is 2.82. The maximum absolute atomic E-state index is 12.2. The van der Waals surface area contributed by atoms with Gasteiger partial charge in [0.05, 0.1) is 24.2 Å². The Morgan fingerprint density at radius 1 is 1.15 bits per heavy atom. The fraction of sp³-hybridized carbons (Fsp3) is 0.286. The largest absolute Gasteiger partial charge is 0.494 e. The van der Waals surface area contributed by atoms with E-state index in [1.165, 1.54) is 0 Å². The number of carbonyl (C=O) groups excluding carboxylic acids is 1. The smallest absolute Gasteiger partial charge is 0.224 e. The number of nitrogens with zero attached hydrogens (tertiary/aromatic N) is 3. The molecular formula is C21H24N4O2. The summed E-state index contributed by atoms with van der Waals surface area (Å²) < 4.78 is 7.41. The van der Waals surface area contributed by atoms with Gasteiger partial charge in [-0.25, -0.2) is 4.68 Å². The van der Waals surface area contributed by atoms with Crippen molar-refractivity contribution in [2.45, 2.75) is 32.6 Å². The number of ether oxygens (including phenoxy) is 1. The van der Waals surface area contributed by atoms with Crippen molar-refractivity contribution >= 4 is 11.6 Å². The number of aromatic nitrogens is 3. The van der Waals surface area contributed by atoms with Gasteiger partial charge in [-0.15, -0.1) is 5.10 Å². The Bertz CT molecular complexity index is 875. The lowest BCUT2D eigenvalue weighted by atomic mass is 10.1. The zero-order chi connectivity index (χ0) is 19.1. The van der Waals surface area contributed by atoms with Crippen molar-refractivity contribution < 1.29 is 9.53 Å². The molecule has 0 spiro atoms. The quantitative estimate of drug-likeness (QED) is 0.609. The maximum atomic E-state index is 12.2. The van der Waals surface area contributed by atoms with E-state index in [0.717, 1.165) is 22.8 Å². The normalized spacial score (nSPS) is 10.8. The van der Waals surface area contributed by atoms with E-state index in [1.54, 1.807) is 10.9 Å². The molecule has 140 valence electrons. The molecule has 0 unspecified atom stereocenters. The summed E-state index contributed by atoms with van der Waals surface area (Å²) in [6.45, 7) is 4.70. The van der Waals surface area contributed by atoms with E-state index in [1.807, 2.05) is 54.6 Å². The minimum absolute atomic E-state index is 0.0357. The lowest BCUT2D eigenvalue weighted by molar-refractivity contribution is -0.116. The number of para-hydroxylation sites is 1. The fourth-order valence-corrected chi connectivity index (χ4v) is 2.72. The van der Waals surface area contributed by atoms with Crippen LogP contribution in [0.25, 0.3) is 5.69 Å². The first kappa shape index (κ1) is 18.6. The Balaban J connectivity index is 1.53. The number of hydrogen-bond donors (Lipinski definition) is 1. The molecule has 0 aliphatic carbocycles. The van der Waals surface area contributed by atoms with Crippen LogP contribution in [-0.2, 0) is 4.79 Å². The molecule has 3 aromatic rings. The number of benzene rings is 2. The van der Waals surface area contributed by atoms with Crippen LogP contribution in [0.4, 0.5) is 5.69 Å². The molecule has 0 fully saturated rings. The molecule has 1 amide bonds. The third kappa shape index (κ3) is 5.17. The molecule has 0 aliphatic heterocycles. The Labute approximate surface area is 159 Å². The molecule has 0 saturated carbocycles. The number of nitrogens with one attached hydrogen (secondary N) is 1. The van der Waals surface area contributed by atoms with E-state index in [2.05, 4.69) is 29.5 Å². The fourth-order valence-electron chi connectivity index (χ4n) is 2.72. The van der Waals surface area contributed by atoms with Crippen molar-refractivity contribution in [3.63, 3.8) is 0 Å². The highest BCUT2D eigenvalue weighted by Crippen LogP contribution is 2.20. The maximum Gasteiger partial charge on any atom is 0.224 e. The lowest BCUT2D eigenvalue weighted by Crippen LogP contribution is -2.13. The highest BCUT2D eigenvalue weighted by Gasteiger charge is 2.11. The van der Waals surface area contributed by atoms with Crippen molar-refractivity contribution in [3.05, 3.63) is 66.5 Å². The first-order valence-electron chi connectivity index (χ1n) is 9.12. The average molecular weight is 364 g/mol. The van der Waals surface area contributed by atoms with Gasteiger partial charge >= 0.3 is 0 Å². The van der Waals surface area contributed by atoms with E-state index in [4.69, 9.17) is 4.74 Å².